The number of carbonyl (C=O) groups is 1. The number of piperidine rings is 1. The monoisotopic (exact) mass is 442 g/mol. The maximum Gasteiger partial charge on any atom is 0.313 e. The van der Waals surface area contributed by atoms with E-state index in [4.69, 9.17) is 9.26 Å². The number of hydrogen-bond acceptors (Lipinski definition) is 6. The molecule has 0 amide bonds. The molecule has 10 heteroatoms. The van der Waals surface area contributed by atoms with Crippen molar-refractivity contribution >= 4 is 16.0 Å². The quantitative estimate of drug-likeness (QED) is 0.639. The summed E-state index contributed by atoms with van der Waals surface area (Å²) < 4.78 is 65.6. The van der Waals surface area contributed by atoms with Crippen LogP contribution in [0.4, 0.5) is 8.78 Å². The molecule has 0 radical (unpaired) electrons. The van der Waals surface area contributed by atoms with E-state index >= 15 is 0 Å². The van der Waals surface area contributed by atoms with Gasteiger partial charge in [-0.3, -0.25) is 4.79 Å². The molecule has 164 valence electrons. The molecule has 1 saturated heterocycles. The Morgan fingerprint density at radius 2 is 2.07 bits per heavy atom. The maximum atomic E-state index is 14.3. The second-order valence-electron chi connectivity index (χ2n) is 7.51. The predicted octanol–water partition coefficient (Wildman–Crippen LogP) is 3.15. The van der Waals surface area contributed by atoms with Gasteiger partial charge >= 0.3 is 5.97 Å². The van der Waals surface area contributed by atoms with Crippen molar-refractivity contribution in [1.29, 1.82) is 0 Å². The zero-order valence-corrected chi connectivity index (χ0v) is 17.9. The molecule has 0 aliphatic carbocycles. The summed E-state index contributed by atoms with van der Waals surface area (Å²) in [6.07, 6.45) is 0.589. The van der Waals surface area contributed by atoms with Crippen molar-refractivity contribution in [1.82, 2.24) is 9.46 Å². The lowest BCUT2D eigenvalue weighted by Gasteiger charge is -2.40. The van der Waals surface area contributed by atoms with Gasteiger partial charge in [0.25, 0.3) is 0 Å². The number of halogens is 2. The van der Waals surface area contributed by atoms with E-state index in [1.165, 1.54) is 24.2 Å². The zero-order valence-electron chi connectivity index (χ0n) is 17.1. The Balaban J connectivity index is 2.00. The minimum atomic E-state index is -3.99. The molecule has 7 nitrogen and oxygen atoms in total. The number of benzene rings is 1. The molecule has 1 atom stereocenters. The van der Waals surface area contributed by atoms with Crippen LogP contribution in [0.5, 0.6) is 0 Å². The first-order valence-electron chi connectivity index (χ1n) is 9.65. The molecule has 1 aromatic heterocycles. The molecule has 1 aromatic carbocycles. The number of rotatable bonds is 6. The number of ether oxygens (including phenoxy) is 1. The summed E-state index contributed by atoms with van der Waals surface area (Å²) in [4.78, 5) is 12.9. The Morgan fingerprint density at radius 3 is 2.67 bits per heavy atom. The van der Waals surface area contributed by atoms with E-state index in [-0.39, 0.29) is 48.0 Å². The minimum Gasteiger partial charge on any atom is -0.466 e. The van der Waals surface area contributed by atoms with Gasteiger partial charge in [0.05, 0.1) is 12.0 Å². The zero-order chi connectivity index (χ0) is 22.1. The second kappa shape index (κ2) is 8.43. The molecule has 0 bridgehead atoms. The third-order valence-corrected chi connectivity index (χ3v) is 7.45. The van der Waals surface area contributed by atoms with Crippen LogP contribution in [0, 0.1) is 30.9 Å². The third-order valence-electron chi connectivity index (χ3n) is 5.36. The number of aromatic nitrogens is 1. The Labute approximate surface area is 174 Å². The Morgan fingerprint density at radius 1 is 1.33 bits per heavy atom. The van der Waals surface area contributed by atoms with E-state index in [0.29, 0.717) is 12.8 Å². The molecule has 3 rings (SSSR count). The number of carbonyl (C=O) groups excluding carboxylic acids is 1. The highest BCUT2D eigenvalue weighted by molar-refractivity contribution is 7.89. The maximum absolute atomic E-state index is 14.3. The van der Waals surface area contributed by atoms with Gasteiger partial charge in [0.1, 0.15) is 22.2 Å². The van der Waals surface area contributed by atoms with E-state index in [1.54, 1.807) is 6.92 Å². The lowest BCUT2D eigenvalue weighted by molar-refractivity contribution is -0.157. The van der Waals surface area contributed by atoms with Crippen LogP contribution in [0.3, 0.4) is 0 Å². The van der Waals surface area contributed by atoms with Crippen LogP contribution in [0.25, 0.3) is 0 Å². The minimum absolute atomic E-state index is 0.0323. The van der Waals surface area contributed by atoms with Gasteiger partial charge in [-0.15, -0.1) is 0 Å². The van der Waals surface area contributed by atoms with Gasteiger partial charge < -0.3 is 9.26 Å². The molecular formula is C20H24F2N2O5S. The van der Waals surface area contributed by atoms with Crippen molar-refractivity contribution in [2.45, 2.75) is 44.9 Å². The predicted molar refractivity (Wildman–Crippen MR) is 103 cm³/mol. The van der Waals surface area contributed by atoms with Crippen LogP contribution < -0.4 is 0 Å². The van der Waals surface area contributed by atoms with Crippen molar-refractivity contribution in [2.24, 2.45) is 5.41 Å². The summed E-state index contributed by atoms with van der Waals surface area (Å²) >= 11 is 0. The van der Waals surface area contributed by atoms with Gasteiger partial charge in [0.15, 0.2) is 5.76 Å². The number of esters is 1. The SMILES string of the molecule is CCOC(=O)[C@@]1(Cc2ccc(F)cc2F)CCCN(S(=O)(=O)c2c(C)noc2C)C1. The lowest BCUT2D eigenvalue weighted by atomic mass is 9.75. The fourth-order valence-electron chi connectivity index (χ4n) is 3.96. The highest BCUT2D eigenvalue weighted by atomic mass is 32.2. The average molecular weight is 442 g/mol. The van der Waals surface area contributed by atoms with Crippen molar-refractivity contribution in [3.63, 3.8) is 0 Å². The number of nitrogens with zero attached hydrogens (tertiary/aromatic N) is 2. The first-order chi connectivity index (χ1) is 14.1. The molecule has 0 unspecified atom stereocenters. The first kappa shape index (κ1) is 22.4. The third kappa shape index (κ3) is 4.11. The fourth-order valence-corrected chi connectivity index (χ4v) is 5.82. The Bertz CT molecular complexity index is 1030. The molecule has 0 saturated carbocycles. The normalized spacial score (nSPS) is 20.3. The van der Waals surface area contributed by atoms with Gasteiger partial charge in [-0.25, -0.2) is 17.2 Å². The van der Waals surface area contributed by atoms with Gasteiger partial charge in [0.2, 0.25) is 10.0 Å². The summed E-state index contributed by atoms with van der Waals surface area (Å²) in [5.74, 6) is -1.96. The average Bonchev–Trinajstić information content (AvgIpc) is 3.03. The molecule has 1 aliphatic heterocycles. The number of hydrogen-bond donors (Lipinski definition) is 0. The van der Waals surface area contributed by atoms with E-state index in [9.17, 15) is 22.0 Å². The fraction of sp³-hybridized carbons (Fsp3) is 0.500. The molecule has 30 heavy (non-hydrogen) atoms. The van der Waals surface area contributed by atoms with Crippen LogP contribution in [0.2, 0.25) is 0 Å². The topological polar surface area (TPSA) is 89.7 Å². The molecule has 1 aliphatic rings. The molecule has 2 aromatic rings. The van der Waals surface area contributed by atoms with E-state index in [1.807, 2.05) is 0 Å². The summed E-state index contributed by atoms with van der Waals surface area (Å²) in [7, 11) is -3.99. The van der Waals surface area contributed by atoms with Crippen molar-refractivity contribution in [3.8, 4) is 0 Å². The number of aryl methyl sites for hydroxylation is 2. The Hall–Kier alpha value is -2.33. The van der Waals surface area contributed by atoms with Crippen LogP contribution >= 0.6 is 0 Å². The summed E-state index contributed by atoms with van der Waals surface area (Å²) in [6, 6.07) is 3.13. The lowest BCUT2D eigenvalue weighted by Crippen LogP contribution is -2.51. The Kier molecular flexibility index (Phi) is 6.28. The standard InChI is InChI=1S/C20H24F2N2O5S/c1-4-28-19(25)20(11-15-6-7-16(21)10-17(15)22)8-5-9-24(12-20)30(26,27)18-13(2)23-29-14(18)3/h6-7,10H,4-5,8-9,11-12H2,1-3H3/t20-/m1/s1. The molecular weight excluding hydrogens is 418 g/mol. The molecule has 0 spiro atoms. The molecule has 2 heterocycles. The van der Waals surface area contributed by atoms with E-state index in [2.05, 4.69) is 5.16 Å². The van der Waals surface area contributed by atoms with E-state index in [0.717, 1.165) is 12.1 Å². The van der Waals surface area contributed by atoms with Crippen molar-refractivity contribution in [2.75, 3.05) is 19.7 Å². The van der Waals surface area contributed by atoms with Crippen LogP contribution in [-0.2, 0) is 26.0 Å². The van der Waals surface area contributed by atoms with Crippen LogP contribution in [0.1, 0.15) is 36.8 Å². The van der Waals surface area contributed by atoms with Crippen LogP contribution in [-0.4, -0.2) is 43.5 Å². The van der Waals surface area contributed by atoms with Crippen molar-refractivity contribution in [3.05, 3.63) is 46.9 Å². The highest BCUT2D eigenvalue weighted by Crippen LogP contribution is 2.38. The number of sulfonamides is 1. The van der Waals surface area contributed by atoms with Gasteiger partial charge in [-0.05, 0) is 51.7 Å². The molecule has 0 N–H and O–H groups in total. The van der Waals surface area contributed by atoms with Crippen molar-refractivity contribution < 1.29 is 31.3 Å². The van der Waals surface area contributed by atoms with Gasteiger partial charge in [0, 0.05) is 19.2 Å². The smallest absolute Gasteiger partial charge is 0.313 e. The second-order valence-corrected chi connectivity index (χ2v) is 9.38. The largest absolute Gasteiger partial charge is 0.466 e. The summed E-state index contributed by atoms with van der Waals surface area (Å²) in [5, 5.41) is 3.71. The molecule has 1 fully saturated rings. The first-order valence-corrected chi connectivity index (χ1v) is 11.1. The van der Waals surface area contributed by atoms with E-state index < -0.39 is 33.0 Å². The van der Waals surface area contributed by atoms with Gasteiger partial charge in [-0.1, -0.05) is 11.2 Å². The van der Waals surface area contributed by atoms with Crippen LogP contribution in [0.15, 0.2) is 27.6 Å². The summed E-state index contributed by atoms with van der Waals surface area (Å²) in [5.41, 5.74) is -0.940. The highest BCUT2D eigenvalue weighted by Gasteiger charge is 2.47. The van der Waals surface area contributed by atoms with Gasteiger partial charge in [-0.2, -0.15) is 4.31 Å². The summed E-state index contributed by atoms with van der Waals surface area (Å²) in [6.45, 7) is 4.78.